The van der Waals surface area contributed by atoms with Crippen molar-refractivity contribution in [2.24, 2.45) is 0 Å². The molecule has 1 heterocycles. The zero-order valence-electron chi connectivity index (χ0n) is 15.1. The topological polar surface area (TPSA) is 65.0 Å². The zero-order valence-corrected chi connectivity index (χ0v) is 17.4. The number of hydrogen-bond acceptors (Lipinski definition) is 4. The van der Waals surface area contributed by atoms with Gasteiger partial charge in [0.2, 0.25) is 0 Å². The fourth-order valence-electron chi connectivity index (χ4n) is 2.82. The largest absolute Gasteiger partial charge is 0.490 e. The van der Waals surface area contributed by atoms with Crippen molar-refractivity contribution in [3.05, 3.63) is 51.5 Å². The van der Waals surface area contributed by atoms with Crippen LogP contribution in [0.15, 0.2) is 40.9 Å². The van der Waals surface area contributed by atoms with Gasteiger partial charge in [0, 0.05) is 11.1 Å². The van der Waals surface area contributed by atoms with E-state index in [9.17, 15) is 4.79 Å². The Kier molecular flexibility index (Phi) is 6.71. The predicted octanol–water partition coefficient (Wildman–Crippen LogP) is 4.90. The minimum absolute atomic E-state index is 0.0359. The maximum atomic E-state index is 11.0. The van der Waals surface area contributed by atoms with Crippen molar-refractivity contribution >= 4 is 33.5 Å². The average Bonchev–Trinajstić information content (AvgIpc) is 2.65. The first-order valence-electron chi connectivity index (χ1n) is 8.61. The van der Waals surface area contributed by atoms with Crippen LogP contribution in [-0.2, 0) is 4.79 Å². The van der Waals surface area contributed by atoms with Crippen molar-refractivity contribution in [2.75, 3.05) is 13.2 Å². The van der Waals surface area contributed by atoms with Crippen LogP contribution in [0, 0.1) is 11.8 Å². The number of carbonyl (C=O) groups is 1. The maximum absolute atomic E-state index is 11.0. The Morgan fingerprint density at radius 3 is 2.82 bits per heavy atom. The summed E-state index contributed by atoms with van der Waals surface area (Å²) in [5.74, 6) is 6.35. The number of carboxylic acids is 1. The Bertz CT molecular complexity index is 917. The van der Waals surface area contributed by atoms with Gasteiger partial charge in [0.15, 0.2) is 17.6 Å². The molecular weight excluding hydrogens is 448 g/mol. The van der Waals surface area contributed by atoms with Crippen LogP contribution in [0.5, 0.6) is 17.2 Å². The van der Waals surface area contributed by atoms with Gasteiger partial charge in [-0.3, -0.25) is 4.79 Å². The lowest BCUT2D eigenvalue weighted by Gasteiger charge is -2.27. The van der Waals surface area contributed by atoms with Gasteiger partial charge in [0.25, 0.3) is 0 Å². The molecule has 0 spiro atoms. The molecule has 1 aliphatic heterocycles. The highest BCUT2D eigenvalue weighted by molar-refractivity contribution is 9.10. The smallest absolute Gasteiger partial charge is 0.304 e. The molecule has 0 saturated heterocycles. The van der Waals surface area contributed by atoms with E-state index < -0.39 is 5.97 Å². The van der Waals surface area contributed by atoms with Gasteiger partial charge in [-0.05, 0) is 46.6 Å². The molecule has 0 radical (unpaired) electrons. The molecular formula is C21H18BrClO5. The molecule has 2 aromatic carbocycles. The van der Waals surface area contributed by atoms with E-state index >= 15 is 0 Å². The van der Waals surface area contributed by atoms with Gasteiger partial charge >= 0.3 is 5.97 Å². The summed E-state index contributed by atoms with van der Waals surface area (Å²) in [4.78, 5) is 11.0. The Labute approximate surface area is 176 Å². The van der Waals surface area contributed by atoms with E-state index in [1.54, 1.807) is 31.2 Å². The highest BCUT2D eigenvalue weighted by Gasteiger charge is 2.24. The molecule has 1 N–H and O–H groups in total. The molecule has 146 valence electrons. The van der Waals surface area contributed by atoms with Gasteiger partial charge in [-0.15, -0.1) is 5.92 Å². The van der Waals surface area contributed by atoms with Crippen molar-refractivity contribution in [2.45, 2.75) is 25.4 Å². The van der Waals surface area contributed by atoms with E-state index in [-0.39, 0.29) is 18.4 Å². The zero-order chi connectivity index (χ0) is 20.1. The molecule has 0 amide bonds. The number of rotatable bonds is 6. The number of fused-ring (bicyclic) bond motifs is 1. The van der Waals surface area contributed by atoms with Crippen LogP contribution < -0.4 is 14.2 Å². The summed E-state index contributed by atoms with van der Waals surface area (Å²) < 4.78 is 18.2. The van der Waals surface area contributed by atoms with Crippen molar-refractivity contribution in [3.8, 4) is 29.1 Å². The molecule has 2 atom stereocenters. The third kappa shape index (κ3) is 5.12. The lowest BCUT2D eigenvalue weighted by Crippen LogP contribution is -2.34. The number of halogens is 2. The van der Waals surface area contributed by atoms with E-state index in [1.807, 2.05) is 12.1 Å². The normalized spacial score (nSPS) is 15.9. The van der Waals surface area contributed by atoms with Gasteiger partial charge < -0.3 is 19.3 Å². The van der Waals surface area contributed by atoms with Crippen LogP contribution in [0.4, 0.5) is 0 Å². The first-order valence-corrected chi connectivity index (χ1v) is 9.78. The molecule has 0 unspecified atom stereocenters. The SMILES string of the molecule is CC#C[C@@H](CC(=O)O)c1ccc(OC[C@H]2COc3c(Br)cc(Cl)cc3O2)cc1. The highest BCUT2D eigenvalue weighted by Crippen LogP contribution is 2.41. The van der Waals surface area contributed by atoms with Crippen LogP contribution in [0.25, 0.3) is 0 Å². The molecule has 0 aliphatic carbocycles. The van der Waals surface area contributed by atoms with Gasteiger partial charge in [-0.25, -0.2) is 0 Å². The maximum Gasteiger partial charge on any atom is 0.304 e. The van der Waals surface area contributed by atoms with E-state index in [1.165, 1.54) is 0 Å². The second-order valence-corrected chi connectivity index (χ2v) is 7.48. The van der Waals surface area contributed by atoms with Crippen LogP contribution in [-0.4, -0.2) is 30.4 Å². The van der Waals surface area contributed by atoms with Crippen molar-refractivity contribution in [3.63, 3.8) is 0 Å². The molecule has 1 aliphatic rings. The fourth-order valence-corrected chi connectivity index (χ4v) is 3.72. The van der Waals surface area contributed by atoms with Crippen LogP contribution in [0.2, 0.25) is 5.02 Å². The molecule has 0 saturated carbocycles. The quantitative estimate of drug-likeness (QED) is 0.615. The number of ether oxygens (including phenoxy) is 3. The summed E-state index contributed by atoms with van der Waals surface area (Å²) in [7, 11) is 0. The minimum atomic E-state index is -0.880. The average molecular weight is 466 g/mol. The van der Waals surface area contributed by atoms with E-state index in [2.05, 4.69) is 27.8 Å². The van der Waals surface area contributed by atoms with Crippen LogP contribution in [0.3, 0.4) is 0 Å². The van der Waals surface area contributed by atoms with Gasteiger partial charge in [-0.1, -0.05) is 29.7 Å². The summed E-state index contributed by atoms with van der Waals surface area (Å²) in [6.07, 6.45) is -0.311. The second kappa shape index (κ2) is 9.22. The first kappa shape index (κ1) is 20.4. The van der Waals surface area contributed by atoms with E-state index in [0.717, 1.165) is 10.0 Å². The molecule has 5 nitrogen and oxygen atoms in total. The number of benzene rings is 2. The molecule has 7 heteroatoms. The first-order chi connectivity index (χ1) is 13.5. The minimum Gasteiger partial charge on any atom is -0.490 e. The van der Waals surface area contributed by atoms with Crippen LogP contribution >= 0.6 is 27.5 Å². The summed E-state index contributed by atoms with van der Waals surface area (Å²) in [5, 5.41) is 9.58. The Morgan fingerprint density at radius 1 is 1.39 bits per heavy atom. The van der Waals surface area contributed by atoms with E-state index in [0.29, 0.717) is 35.5 Å². The Hall–Kier alpha value is -2.36. The van der Waals surface area contributed by atoms with Crippen molar-refractivity contribution in [1.29, 1.82) is 0 Å². The highest BCUT2D eigenvalue weighted by atomic mass is 79.9. The lowest BCUT2D eigenvalue weighted by molar-refractivity contribution is -0.137. The van der Waals surface area contributed by atoms with Gasteiger partial charge in [0.05, 0.1) is 16.8 Å². The molecule has 3 rings (SSSR count). The molecule has 28 heavy (non-hydrogen) atoms. The second-order valence-electron chi connectivity index (χ2n) is 6.19. The standard InChI is InChI=1S/C21H18BrClO5/c1-2-3-14(8-20(24)25)13-4-6-16(7-5-13)26-11-17-12-27-21-18(22)9-15(23)10-19(21)28-17/h4-7,9-10,14,17H,8,11-12H2,1H3,(H,24,25)/t14-,17-/m0/s1. The third-order valence-electron chi connectivity index (χ3n) is 4.10. The fraction of sp³-hybridized carbons (Fsp3) is 0.286. The number of aliphatic carboxylic acids is 1. The molecule has 0 fully saturated rings. The Morgan fingerprint density at radius 2 is 2.14 bits per heavy atom. The summed E-state index contributed by atoms with van der Waals surface area (Å²) >= 11 is 9.46. The molecule has 0 bridgehead atoms. The summed E-state index contributed by atoms with van der Waals surface area (Å²) in [6.45, 7) is 2.36. The monoisotopic (exact) mass is 464 g/mol. The molecule has 0 aromatic heterocycles. The van der Waals surface area contributed by atoms with Crippen molar-refractivity contribution < 1.29 is 24.1 Å². The Balaban J connectivity index is 1.60. The number of hydrogen-bond donors (Lipinski definition) is 1. The van der Waals surface area contributed by atoms with Crippen LogP contribution in [0.1, 0.15) is 24.8 Å². The predicted molar refractivity (Wildman–Crippen MR) is 109 cm³/mol. The third-order valence-corrected chi connectivity index (χ3v) is 4.90. The number of carboxylic acid groups (broad SMARTS) is 1. The summed E-state index contributed by atoms with van der Waals surface area (Å²) in [5.41, 5.74) is 0.842. The van der Waals surface area contributed by atoms with Crippen molar-refractivity contribution in [1.82, 2.24) is 0 Å². The van der Waals surface area contributed by atoms with E-state index in [4.69, 9.17) is 30.9 Å². The lowest BCUT2D eigenvalue weighted by atomic mass is 9.96. The summed E-state index contributed by atoms with van der Waals surface area (Å²) in [6, 6.07) is 10.7. The van der Waals surface area contributed by atoms with Gasteiger partial charge in [-0.2, -0.15) is 0 Å². The molecule has 2 aromatic rings. The van der Waals surface area contributed by atoms with Gasteiger partial charge in [0.1, 0.15) is 19.0 Å².